The van der Waals surface area contributed by atoms with Crippen molar-refractivity contribution in [2.24, 2.45) is 0 Å². The molecule has 8 nitrogen and oxygen atoms in total. The molecule has 1 aliphatic rings. The minimum Gasteiger partial charge on any atom is -0.497 e. The Hall–Kier alpha value is -3.42. The van der Waals surface area contributed by atoms with Crippen LogP contribution in [0.15, 0.2) is 58.1 Å². The van der Waals surface area contributed by atoms with E-state index in [-0.39, 0.29) is 18.4 Å². The van der Waals surface area contributed by atoms with Crippen molar-refractivity contribution in [1.29, 1.82) is 0 Å². The number of hydrogen-bond acceptors (Lipinski definition) is 6. The lowest BCUT2D eigenvalue weighted by Gasteiger charge is -2.31. The molecule has 30 heavy (non-hydrogen) atoms. The summed E-state index contributed by atoms with van der Waals surface area (Å²) in [7, 11) is 1.64. The van der Waals surface area contributed by atoms with Crippen LogP contribution in [0.4, 0.5) is 0 Å². The lowest BCUT2D eigenvalue weighted by molar-refractivity contribution is -0.133. The van der Waals surface area contributed by atoms with Gasteiger partial charge in [-0.1, -0.05) is 12.1 Å². The van der Waals surface area contributed by atoms with Crippen molar-refractivity contribution < 1.29 is 13.9 Å². The Balaban J connectivity index is 1.39. The summed E-state index contributed by atoms with van der Waals surface area (Å²) < 4.78 is 12.5. The van der Waals surface area contributed by atoms with Gasteiger partial charge in [-0.3, -0.25) is 9.36 Å². The minimum atomic E-state index is -0.421. The van der Waals surface area contributed by atoms with Crippen molar-refractivity contribution in [3.8, 4) is 5.75 Å². The van der Waals surface area contributed by atoms with Crippen LogP contribution in [-0.4, -0.2) is 45.5 Å². The average Bonchev–Trinajstić information content (AvgIpc) is 3.24. The number of nitrogens with zero attached hydrogens (tertiary/aromatic N) is 4. The first-order chi connectivity index (χ1) is 14.6. The number of amides is 1. The molecule has 0 radical (unpaired) electrons. The molecule has 1 aliphatic heterocycles. The Kier molecular flexibility index (Phi) is 5.92. The summed E-state index contributed by atoms with van der Waals surface area (Å²) in [4.78, 5) is 34.4. The van der Waals surface area contributed by atoms with E-state index in [1.807, 2.05) is 24.3 Å². The van der Waals surface area contributed by atoms with Gasteiger partial charge in [-0.2, -0.15) is 0 Å². The van der Waals surface area contributed by atoms with E-state index in [0.29, 0.717) is 25.4 Å². The predicted octanol–water partition coefficient (Wildman–Crippen LogP) is 2.24. The molecule has 2 aromatic heterocycles. The maximum atomic E-state index is 12.7. The van der Waals surface area contributed by atoms with E-state index < -0.39 is 5.69 Å². The summed E-state index contributed by atoms with van der Waals surface area (Å²) in [5, 5.41) is 0. The SMILES string of the molecule is COc1ccc(Cc2cnc([C@@H]3CCCN(C(=O)Cn4cccnc4=O)C3)o2)cc1. The third-order valence-corrected chi connectivity index (χ3v) is 5.32. The van der Waals surface area contributed by atoms with E-state index in [4.69, 9.17) is 9.15 Å². The summed E-state index contributed by atoms with van der Waals surface area (Å²) in [5.41, 5.74) is 0.691. The van der Waals surface area contributed by atoms with Crippen molar-refractivity contribution in [3.63, 3.8) is 0 Å². The molecule has 3 aromatic rings. The molecule has 0 unspecified atom stereocenters. The molecule has 1 amide bonds. The molecule has 0 aliphatic carbocycles. The van der Waals surface area contributed by atoms with Crippen LogP contribution in [0.3, 0.4) is 0 Å². The number of piperidine rings is 1. The Bertz CT molecular complexity index is 1060. The van der Waals surface area contributed by atoms with Crippen LogP contribution < -0.4 is 10.4 Å². The number of methoxy groups -OCH3 is 1. The lowest BCUT2D eigenvalue weighted by atomic mass is 9.98. The smallest absolute Gasteiger partial charge is 0.347 e. The fourth-order valence-electron chi connectivity index (χ4n) is 3.70. The Labute approximate surface area is 174 Å². The predicted molar refractivity (Wildman–Crippen MR) is 109 cm³/mol. The Morgan fingerprint density at radius 3 is 2.87 bits per heavy atom. The van der Waals surface area contributed by atoms with Gasteiger partial charge in [0.2, 0.25) is 5.91 Å². The maximum absolute atomic E-state index is 12.7. The number of likely N-dealkylation sites (tertiary alicyclic amines) is 1. The molecule has 1 fully saturated rings. The zero-order chi connectivity index (χ0) is 20.9. The third kappa shape index (κ3) is 4.59. The number of rotatable bonds is 6. The van der Waals surface area contributed by atoms with E-state index in [1.54, 1.807) is 30.5 Å². The standard InChI is InChI=1S/C22H24N4O4/c1-29-18-7-5-16(6-8-18)12-19-13-24-21(30-19)17-4-2-10-25(14-17)20(27)15-26-11-3-9-23-22(26)28/h3,5-9,11,13,17H,2,4,10,12,14-15H2,1H3/t17-/m1/s1. The molecule has 3 heterocycles. The normalized spacial score (nSPS) is 16.4. The third-order valence-electron chi connectivity index (χ3n) is 5.32. The summed E-state index contributed by atoms with van der Waals surface area (Å²) in [5.74, 6) is 2.23. The second-order valence-electron chi connectivity index (χ2n) is 7.40. The van der Waals surface area contributed by atoms with Crippen molar-refractivity contribution >= 4 is 5.91 Å². The van der Waals surface area contributed by atoms with E-state index in [0.717, 1.165) is 29.9 Å². The second-order valence-corrected chi connectivity index (χ2v) is 7.40. The second kappa shape index (κ2) is 8.94. The van der Waals surface area contributed by atoms with Crippen LogP contribution in [-0.2, 0) is 17.8 Å². The van der Waals surface area contributed by atoms with Gasteiger partial charge in [0.15, 0.2) is 5.89 Å². The minimum absolute atomic E-state index is 0.00625. The number of aromatic nitrogens is 3. The highest BCUT2D eigenvalue weighted by atomic mass is 16.5. The van der Waals surface area contributed by atoms with E-state index in [2.05, 4.69) is 9.97 Å². The van der Waals surface area contributed by atoms with Gasteiger partial charge in [-0.05, 0) is 36.6 Å². The van der Waals surface area contributed by atoms with Gasteiger partial charge in [-0.15, -0.1) is 0 Å². The first-order valence-electron chi connectivity index (χ1n) is 9.99. The number of oxazole rings is 1. The van der Waals surface area contributed by atoms with Crippen molar-refractivity contribution in [2.45, 2.75) is 31.7 Å². The molecule has 1 atom stereocenters. The number of benzene rings is 1. The summed E-state index contributed by atoms with van der Waals surface area (Å²) in [6.45, 7) is 1.20. The Morgan fingerprint density at radius 1 is 1.27 bits per heavy atom. The molecular formula is C22H24N4O4. The van der Waals surface area contributed by atoms with Gasteiger partial charge >= 0.3 is 5.69 Å². The van der Waals surface area contributed by atoms with E-state index >= 15 is 0 Å². The van der Waals surface area contributed by atoms with Crippen molar-refractivity contribution in [2.75, 3.05) is 20.2 Å². The zero-order valence-corrected chi connectivity index (χ0v) is 16.9. The van der Waals surface area contributed by atoms with Crippen LogP contribution in [0.1, 0.15) is 36.0 Å². The van der Waals surface area contributed by atoms with Crippen LogP contribution in [0.25, 0.3) is 0 Å². The molecule has 8 heteroatoms. The largest absolute Gasteiger partial charge is 0.497 e. The summed E-state index contributed by atoms with van der Waals surface area (Å²) in [6, 6.07) is 9.49. The fraction of sp³-hybridized carbons (Fsp3) is 0.364. The van der Waals surface area contributed by atoms with Gasteiger partial charge in [0.25, 0.3) is 0 Å². The first-order valence-corrected chi connectivity index (χ1v) is 9.99. The molecule has 0 N–H and O–H groups in total. The maximum Gasteiger partial charge on any atom is 0.347 e. The molecular weight excluding hydrogens is 384 g/mol. The van der Waals surface area contributed by atoms with E-state index in [9.17, 15) is 9.59 Å². The molecule has 4 rings (SSSR count). The molecule has 1 saturated heterocycles. The highest BCUT2D eigenvalue weighted by molar-refractivity contribution is 5.76. The quantitative estimate of drug-likeness (QED) is 0.621. The van der Waals surface area contributed by atoms with Crippen LogP contribution in [0, 0.1) is 0 Å². The highest BCUT2D eigenvalue weighted by Gasteiger charge is 2.28. The average molecular weight is 408 g/mol. The highest BCUT2D eigenvalue weighted by Crippen LogP contribution is 2.27. The number of carbonyl (C=O) groups is 1. The molecule has 0 spiro atoms. The van der Waals surface area contributed by atoms with Gasteiger partial charge in [0, 0.05) is 31.9 Å². The zero-order valence-electron chi connectivity index (χ0n) is 16.9. The van der Waals surface area contributed by atoms with Crippen molar-refractivity contribution in [3.05, 3.63) is 76.6 Å². The van der Waals surface area contributed by atoms with Gasteiger partial charge < -0.3 is 14.1 Å². The van der Waals surface area contributed by atoms with Crippen LogP contribution >= 0.6 is 0 Å². The molecule has 0 saturated carbocycles. The fourth-order valence-corrected chi connectivity index (χ4v) is 3.70. The number of hydrogen-bond donors (Lipinski definition) is 0. The van der Waals surface area contributed by atoms with Crippen LogP contribution in [0.2, 0.25) is 0 Å². The monoisotopic (exact) mass is 408 g/mol. The number of carbonyl (C=O) groups excluding carboxylic acids is 1. The molecule has 1 aromatic carbocycles. The van der Waals surface area contributed by atoms with E-state index in [1.165, 1.54) is 10.8 Å². The van der Waals surface area contributed by atoms with Gasteiger partial charge in [0.1, 0.15) is 18.1 Å². The number of ether oxygens (including phenoxy) is 1. The van der Waals surface area contributed by atoms with Gasteiger partial charge in [-0.25, -0.2) is 14.8 Å². The first kappa shape index (κ1) is 19.9. The van der Waals surface area contributed by atoms with Crippen LogP contribution in [0.5, 0.6) is 5.75 Å². The van der Waals surface area contributed by atoms with Crippen molar-refractivity contribution in [1.82, 2.24) is 19.4 Å². The molecule has 156 valence electrons. The topological polar surface area (TPSA) is 90.5 Å². The lowest BCUT2D eigenvalue weighted by Crippen LogP contribution is -2.42. The van der Waals surface area contributed by atoms with Gasteiger partial charge in [0.05, 0.1) is 19.2 Å². The molecule has 0 bridgehead atoms. The summed E-state index contributed by atoms with van der Waals surface area (Å²) >= 11 is 0. The Morgan fingerprint density at radius 2 is 2.10 bits per heavy atom. The summed E-state index contributed by atoms with van der Waals surface area (Å²) in [6.07, 6.45) is 7.19.